The van der Waals surface area contributed by atoms with Crippen LogP contribution in [0.15, 0.2) is 0 Å². The lowest BCUT2D eigenvalue weighted by Crippen LogP contribution is -2.40. The zero-order valence-corrected chi connectivity index (χ0v) is 22.2. The van der Waals surface area contributed by atoms with E-state index in [9.17, 15) is 31.9 Å². The topological polar surface area (TPSA) is 198 Å². The molecule has 196 valence electrons. The number of carbonyl (C=O) groups is 3. The number of hydrogen-bond acceptors (Lipinski definition) is 12. The van der Waals surface area contributed by atoms with E-state index >= 15 is 0 Å². The summed E-state index contributed by atoms with van der Waals surface area (Å²) in [6.45, 7) is 5.73. The maximum Gasteiger partial charge on any atom is 0.742 e. The first-order valence-electron chi connectivity index (χ1n) is 9.99. The number of carbonyl (C=O) groups excluding carboxylic acids is 3. The summed E-state index contributed by atoms with van der Waals surface area (Å²) in [5.41, 5.74) is -3.20. The van der Waals surface area contributed by atoms with Gasteiger partial charge in [0.05, 0.1) is 23.9 Å². The van der Waals surface area contributed by atoms with E-state index in [2.05, 4.69) is 14.4 Å². The van der Waals surface area contributed by atoms with Crippen molar-refractivity contribution in [3.63, 3.8) is 0 Å². The van der Waals surface area contributed by atoms with Crippen LogP contribution in [0.1, 0.15) is 41.0 Å². The van der Waals surface area contributed by atoms with Crippen molar-refractivity contribution in [3.05, 3.63) is 0 Å². The summed E-state index contributed by atoms with van der Waals surface area (Å²) in [5, 5.41) is 2.43. The lowest BCUT2D eigenvalue weighted by atomic mass is 9.90. The highest BCUT2D eigenvalue weighted by atomic mass is 32.2. The van der Waals surface area contributed by atoms with Crippen molar-refractivity contribution in [1.29, 1.82) is 0 Å². The molecule has 0 aromatic carbocycles. The Bertz CT molecular complexity index is 844. The summed E-state index contributed by atoms with van der Waals surface area (Å²) >= 11 is 0. The van der Waals surface area contributed by atoms with E-state index in [4.69, 9.17) is 18.6 Å². The fraction of sp³-hybridized carbons (Fsp3) is 0.824. The van der Waals surface area contributed by atoms with E-state index < -0.39 is 81.3 Å². The molecule has 2 unspecified atom stereocenters. The zero-order valence-electron chi connectivity index (χ0n) is 19.5. The standard InChI is InChI=1S/C17H29NO13P2S/c1-12(2)30-16(21)28-9-8-27-15(20)14(32(22)31-33(23)24)17(4,5)11-29-34(25,26)10-6-7-18-13(3)19/h12,14H,6-11H2,1-5H3/p+2/t14-/m0/s1. The van der Waals surface area contributed by atoms with Crippen molar-refractivity contribution in [1.82, 2.24) is 5.32 Å². The fourth-order valence-corrected chi connectivity index (χ4v) is 5.19. The van der Waals surface area contributed by atoms with Crippen LogP contribution in [-0.2, 0) is 51.5 Å². The molecule has 0 spiro atoms. The SMILES string of the molecule is CC(=O)NCCCS(=O)(=O)OCC(C)(C)[C@H](C(=O)OCCOC(=O)OC(C)C)[P+](=O)O[P+](=O)O. The Morgan fingerprint density at radius 2 is 1.68 bits per heavy atom. The Kier molecular flexibility index (Phi) is 14.5. The van der Waals surface area contributed by atoms with Gasteiger partial charge in [0, 0.05) is 18.0 Å². The Hall–Kier alpha value is -1.76. The van der Waals surface area contributed by atoms with Crippen LogP contribution in [-0.4, -0.2) is 75.2 Å². The summed E-state index contributed by atoms with van der Waals surface area (Å²) in [4.78, 5) is 43.6. The van der Waals surface area contributed by atoms with Gasteiger partial charge in [0.25, 0.3) is 15.8 Å². The third kappa shape index (κ3) is 14.5. The average Bonchev–Trinajstić information content (AvgIpc) is 2.66. The summed E-state index contributed by atoms with van der Waals surface area (Å²) in [6, 6.07) is 0. The number of ether oxygens (including phenoxy) is 3. The molecule has 0 aliphatic carbocycles. The molecule has 0 aromatic heterocycles. The Morgan fingerprint density at radius 3 is 2.21 bits per heavy atom. The predicted octanol–water partition coefficient (Wildman–Crippen LogP) is 1.77. The summed E-state index contributed by atoms with van der Waals surface area (Å²) in [7, 11) is -10.6. The van der Waals surface area contributed by atoms with Crippen molar-refractivity contribution >= 4 is 44.4 Å². The van der Waals surface area contributed by atoms with E-state index in [1.54, 1.807) is 13.8 Å². The minimum absolute atomic E-state index is 0.0649. The monoisotopic (exact) mass is 551 g/mol. The highest BCUT2D eigenvalue weighted by Gasteiger charge is 2.57. The van der Waals surface area contributed by atoms with Gasteiger partial charge in [-0.3, -0.25) is 8.98 Å². The van der Waals surface area contributed by atoms with E-state index in [1.807, 2.05) is 0 Å². The molecule has 0 aromatic rings. The molecule has 0 aliphatic heterocycles. The number of amides is 1. The molecule has 0 saturated carbocycles. The molecule has 2 N–H and O–H groups in total. The Morgan fingerprint density at radius 1 is 1.09 bits per heavy atom. The number of hydrogen-bond donors (Lipinski definition) is 2. The molecule has 0 saturated heterocycles. The third-order valence-corrected chi connectivity index (χ3v) is 7.56. The first kappa shape index (κ1) is 32.2. The minimum Gasteiger partial charge on any atom is -0.459 e. The van der Waals surface area contributed by atoms with E-state index in [0.717, 1.165) is 0 Å². The van der Waals surface area contributed by atoms with Crippen LogP contribution in [0.5, 0.6) is 0 Å². The van der Waals surface area contributed by atoms with Gasteiger partial charge >= 0.3 is 28.4 Å². The van der Waals surface area contributed by atoms with Crippen LogP contribution in [0, 0.1) is 5.41 Å². The average molecular weight is 551 g/mol. The first-order valence-corrected chi connectivity index (χ1v) is 13.9. The molecule has 14 nitrogen and oxygen atoms in total. The van der Waals surface area contributed by atoms with Gasteiger partial charge in [0.15, 0.2) is 0 Å². The van der Waals surface area contributed by atoms with Gasteiger partial charge in [0.1, 0.15) is 17.5 Å². The largest absolute Gasteiger partial charge is 0.742 e. The second-order valence-corrected chi connectivity index (χ2v) is 11.8. The number of nitrogens with one attached hydrogen (secondary N) is 1. The van der Waals surface area contributed by atoms with Gasteiger partial charge in [-0.15, -0.1) is 4.89 Å². The van der Waals surface area contributed by atoms with Crippen LogP contribution in [0.2, 0.25) is 0 Å². The first-order chi connectivity index (χ1) is 15.6. The van der Waals surface area contributed by atoms with Crippen molar-refractivity contribution in [2.45, 2.75) is 52.8 Å². The van der Waals surface area contributed by atoms with Crippen LogP contribution < -0.4 is 5.32 Å². The van der Waals surface area contributed by atoms with Crippen LogP contribution in [0.25, 0.3) is 0 Å². The lowest BCUT2D eigenvalue weighted by Gasteiger charge is -2.24. The van der Waals surface area contributed by atoms with Gasteiger partial charge in [-0.2, -0.15) is 8.42 Å². The molecular formula is C17H31NO13P2S+2. The normalized spacial score (nSPS) is 13.6. The molecule has 0 aliphatic rings. The molecule has 0 heterocycles. The third-order valence-electron chi connectivity index (χ3n) is 3.76. The summed E-state index contributed by atoms with van der Waals surface area (Å²) in [6.07, 6.45) is -1.36. The number of esters is 1. The van der Waals surface area contributed by atoms with Crippen molar-refractivity contribution in [2.75, 3.05) is 32.1 Å². The molecule has 17 heteroatoms. The quantitative estimate of drug-likeness (QED) is 0.122. The van der Waals surface area contributed by atoms with Crippen LogP contribution >= 0.6 is 16.3 Å². The van der Waals surface area contributed by atoms with Gasteiger partial charge in [-0.25, -0.2) is 9.59 Å². The van der Waals surface area contributed by atoms with Crippen molar-refractivity contribution in [3.8, 4) is 0 Å². The van der Waals surface area contributed by atoms with Crippen LogP contribution in [0.4, 0.5) is 4.79 Å². The zero-order chi connectivity index (χ0) is 26.5. The minimum atomic E-state index is -4.08. The fourth-order valence-electron chi connectivity index (χ4n) is 2.27. The Balaban J connectivity index is 5.12. The van der Waals surface area contributed by atoms with Gasteiger partial charge in [0.2, 0.25) is 5.91 Å². The van der Waals surface area contributed by atoms with Gasteiger partial charge in [-0.1, -0.05) is 13.8 Å². The van der Waals surface area contributed by atoms with Gasteiger partial charge in [-0.05, 0) is 24.8 Å². The predicted molar refractivity (Wildman–Crippen MR) is 118 cm³/mol. The van der Waals surface area contributed by atoms with E-state index in [0.29, 0.717) is 0 Å². The van der Waals surface area contributed by atoms with Crippen molar-refractivity contribution < 1.29 is 59.5 Å². The molecule has 1 amide bonds. The second-order valence-electron chi connectivity index (χ2n) is 7.79. The van der Waals surface area contributed by atoms with E-state index in [1.165, 1.54) is 20.8 Å². The second kappa shape index (κ2) is 15.3. The maximum absolute atomic E-state index is 12.6. The highest BCUT2D eigenvalue weighted by molar-refractivity contribution is 7.86. The molecular weight excluding hydrogens is 520 g/mol. The Labute approximate surface area is 199 Å². The van der Waals surface area contributed by atoms with E-state index in [-0.39, 0.29) is 18.9 Å². The molecule has 3 atom stereocenters. The maximum atomic E-state index is 12.6. The van der Waals surface area contributed by atoms with Crippen molar-refractivity contribution in [2.24, 2.45) is 5.41 Å². The molecule has 0 rings (SSSR count). The number of rotatable bonds is 16. The van der Waals surface area contributed by atoms with Gasteiger partial charge < -0.3 is 19.5 Å². The molecule has 0 bridgehead atoms. The summed E-state index contributed by atoms with van der Waals surface area (Å²) < 4.78 is 71.3. The smallest absolute Gasteiger partial charge is 0.459 e. The molecule has 34 heavy (non-hydrogen) atoms. The highest BCUT2D eigenvalue weighted by Crippen LogP contribution is 2.47. The lowest BCUT2D eigenvalue weighted by molar-refractivity contribution is -0.147. The summed E-state index contributed by atoms with van der Waals surface area (Å²) in [5.74, 6) is -1.92. The van der Waals surface area contributed by atoms with Crippen LogP contribution in [0.3, 0.4) is 0 Å². The molecule has 0 radical (unpaired) electrons. The molecule has 0 fully saturated rings.